The smallest absolute Gasteiger partial charge is 0.154 e. The van der Waals surface area contributed by atoms with Gasteiger partial charge in [-0.1, -0.05) is 45.4 Å². The maximum absolute atomic E-state index is 9.77. The van der Waals surface area contributed by atoms with Crippen molar-refractivity contribution in [2.75, 3.05) is 13.2 Å². The number of rotatable bonds is 12. The van der Waals surface area contributed by atoms with Gasteiger partial charge in [-0.2, -0.15) is 0 Å². The van der Waals surface area contributed by atoms with E-state index in [1.807, 2.05) is 6.08 Å². The molecule has 5 nitrogen and oxygen atoms in total. The van der Waals surface area contributed by atoms with Gasteiger partial charge in [-0.15, -0.1) is 0 Å². The van der Waals surface area contributed by atoms with Gasteiger partial charge in [0.15, 0.2) is 6.10 Å². The minimum absolute atomic E-state index is 0.123. The lowest BCUT2D eigenvalue weighted by atomic mass is 10.1. The van der Waals surface area contributed by atoms with Gasteiger partial charge in [0.2, 0.25) is 0 Å². The van der Waals surface area contributed by atoms with Gasteiger partial charge in [-0.3, -0.25) is 0 Å². The fourth-order valence-electron chi connectivity index (χ4n) is 2.65. The van der Waals surface area contributed by atoms with Crippen LogP contribution in [0.25, 0.3) is 0 Å². The van der Waals surface area contributed by atoms with Crippen molar-refractivity contribution < 1.29 is 24.8 Å². The molecule has 130 valence electrons. The summed E-state index contributed by atoms with van der Waals surface area (Å²) in [5.74, 6) is 0. The lowest BCUT2D eigenvalue weighted by Gasteiger charge is -2.22. The second-order valence-electron chi connectivity index (χ2n) is 6.00. The normalized spacial score (nSPS) is 26.6. The lowest BCUT2D eigenvalue weighted by molar-refractivity contribution is -0.0721. The molecule has 4 atom stereocenters. The largest absolute Gasteiger partial charge is 0.493 e. The van der Waals surface area contributed by atoms with Crippen LogP contribution in [0.5, 0.6) is 0 Å². The highest BCUT2D eigenvalue weighted by molar-refractivity contribution is 4.91. The van der Waals surface area contributed by atoms with Gasteiger partial charge in [0, 0.05) is 0 Å². The van der Waals surface area contributed by atoms with Gasteiger partial charge in [0.1, 0.15) is 18.3 Å². The Hall–Kier alpha value is -0.620. The van der Waals surface area contributed by atoms with Crippen molar-refractivity contribution in [2.45, 2.75) is 82.7 Å². The molecule has 0 aliphatic carbocycles. The molecule has 0 radical (unpaired) electrons. The number of aliphatic hydroxyl groups is 3. The first-order valence-corrected chi connectivity index (χ1v) is 8.59. The molecule has 0 aromatic rings. The van der Waals surface area contributed by atoms with Crippen LogP contribution in [-0.2, 0) is 9.47 Å². The van der Waals surface area contributed by atoms with Gasteiger partial charge >= 0.3 is 0 Å². The second kappa shape index (κ2) is 11.9. The first-order valence-electron chi connectivity index (χ1n) is 8.59. The number of allylic oxidation sites excluding steroid dienone is 1. The first kappa shape index (κ1) is 19.4. The molecule has 0 aromatic carbocycles. The topological polar surface area (TPSA) is 79.2 Å². The zero-order valence-electron chi connectivity index (χ0n) is 13.7. The zero-order valence-corrected chi connectivity index (χ0v) is 13.7. The zero-order chi connectivity index (χ0) is 16.2. The van der Waals surface area contributed by atoms with Gasteiger partial charge in [-0.25, -0.2) is 0 Å². The molecule has 0 saturated carbocycles. The van der Waals surface area contributed by atoms with Crippen molar-refractivity contribution in [3.63, 3.8) is 0 Å². The maximum Gasteiger partial charge on any atom is 0.154 e. The molecule has 1 rings (SSSR count). The van der Waals surface area contributed by atoms with Gasteiger partial charge in [-0.05, 0) is 18.9 Å². The fourth-order valence-corrected chi connectivity index (χ4v) is 2.65. The summed E-state index contributed by atoms with van der Waals surface area (Å²) in [5.41, 5.74) is 0. The minimum Gasteiger partial charge on any atom is -0.493 e. The van der Waals surface area contributed by atoms with Crippen molar-refractivity contribution in [1.82, 2.24) is 0 Å². The van der Waals surface area contributed by atoms with Gasteiger partial charge < -0.3 is 24.8 Å². The Morgan fingerprint density at radius 1 is 1.18 bits per heavy atom. The third-order valence-corrected chi connectivity index (χ3v) is 4.04. The average Bonchev–Trinajstić information content (AvgIpc) is 2.89. The molecule has 22 heavy (non-hydrogen) atoms. The van der Waals surface area contributed by atoms with E-state index in [1.54, 1.807) is 6.26 Å². The Balaban J connectivity index is 2.11. The summed E-state index contributed by atoms with van der Waals surface area (Å²) in [7, 11) is 0. The summed E-state index contributed by atoms with van der Waals surface area (Å²) in [6.07, 6.45) is 10.3. The number of hydrogen-bond acceptors (Lipinski definition) is 5. The third kappa shape index (κ3) is 7.09. The van der Waals surface area contributed by atoms with Gasteiger partial charge in [0.25, 0.3) is 0 Å². The number of hydrogen-bond donors (Lipinski definition) is 3. The Bertz CT molecular complexity index is 295. The molecule has 0 aromatic heterocycles. The Morgan fingerprint density at radius 2 is 1.86 bits per heavy atom. The minimum atomic E-state index is -1.03. The van der Waals surface area contributed by atoms with Crippen LogP contribution in [0.15, 0.2) is 12.3 Å². The first-order chi connectivity index (χ1) is 10.7. The predicted octanol–water partition coefficient (Wildman–Crippen LogP) is 2.14. The molecule has 0 bridgehead atoms. The summed E-state index contributed by atoms with van der Waals surface area (Å²) in [6, 6.07) is 0. The Kier molecular flexibility index (Phi) is 10.5. The van der Waals surface area contributed by atoms with Crippen molar-refractivity contribution in [3.8, 4) is 0 Å². The molecular formula is C17H32O5. The number of aliphatic hydroxyl groups excluding tert-OH is 3. The monoisotopic (exact) mass is 316 g/mol. The van der Waals surface area contributed by atoms with E-state index in [0.29, 0.717) is 0 Å². The molecular weight excluding hydrogens is 284 g/mol. The molecule has 5 heteroatoms. The van der Waals surface area contributed by atoms with Crippen LogP contribution in [0, 0.1) is 0 Å². The number of unbranched alkanes of at least 4 members (excludes halogenated alkanes) is 7. The predicted molar refractivity (Wildman–Crippen MR) is 85.5 cm³/mol. The molecule has 1 aliphatic heterocycles. The van der Waals surface area contributed by atoms with Gasteiger partial charge in [0.05, 0.1) is 19.5 Å². The van der Waals surface area contributed by atoms with Crippen LogP contribution >= 0.6 is 0 Å². The summed E-state index contributed by atoms with van der Waals surface area (Å²) >= 11 is 0. The van der Waals surface area contributed by atoms with E-state index in [9.17, 15) is 10.2 Å². The highest BCUT2D eigenvalue weighted by Gasteiger charge is 2.41. The van der Waals surface area contributed by atoms with Crippen molar-refractivity contribution >= 4 is 0 Å². The average molecular weight is 316 g/mol. The summed E-state index contributed by atoms with van der Waals surface area (Å²) in [5, 5.41) is 28.3. The van der Waals surface area contributed by atoms with E-state index in [-0.39, 0.29) is 6.61 Å². The SMILES string of the molecule is CCCCCCCCC/C=C/O[C@@H]1[C@H]([C@@H](O)CO)OC[C@H]1O. The molecule has 0 amide bonds. The molecule has 0 spiro atoms. The fraction of sp³-hybridized carbons (Fsp3) is 0.882. The molecule has 3 N–H and O–H groups in total. The highest BCUT2D eigenvalue weighted by atomic mass is 16.6. The quantitative estimate of drug-likeness (QED) is 0.380. The van der Waals surface area contributed by atoms with Crippen LogP contribution < -0.4 is 0 Å². The highest BCUT2D eigenvalue weighted by Crippen LogP contribution is 2.21. The molecule has 1 heterocycles. The maximum atomic E-state index is 9.77. The second-order valence-corrected chi connectivity index (χ2v) is 6.00. The van der Waals surface area contributed by atoms with Crippen LogP contribution in [-0.4, -0.2) is 52.9 Å². The molecule has 1 aliphatic rings. The van der Waals surface area contributed by atoms with E-state index in [4.69, 9.17) is 14.6 Å². The van der Waals surface area contributed by atoms with E-state index in [2.05, 4.69) is 6.92 Å². The van der Waals surface area contributed by atoms with Crippen molar-refractivity contribution in [1.29, 1.82) is 0 Å². The molecule has 1 fully saturated rings. The van der Waals surface area contributed by atoms with Crippen LogP contribution in [0.3, 0.4) is 0 Å². The van der Waals surface area contributed by atoms with Crippen molar-refractivity contribution in [3.05, 3.63) is 12.3 Å². The lowest BCUT2D eigenvalue weighted by Crippen LogP contribution is -2.41. The molecule has 1 saturated heterocycles. The van der Waals surface area contributed by atoms with E-state index >= 15 is 0 Å². The Labute approximate surface area is 133 Å². The van der Waals surface area contributed by atoms with Crippen LogP contribution in [0.2, 0.25) is 0 Å². The number of ether oxygens (including phenoxy) is 2. The standard InChI is InChI=1S/C17H32O5/c1-2-3-4-5-6-7-8-9-10-11-21-17-15(20)13-22-16(17)14(19)12-18/h10-11,14-20H,2-9,12-13H2,1H3/b11-10+/t14-,15+,16-,17-/m0/s1. The summed E-state index contributed by atoms with van der Waals surface area (Å²) in [6.45, 7) is 1.94. The summed E-state index contributed by atoms with van der Waals surface area (Å²) < 4.78 is 10.7. The summed E-state index contributed by atoms with van der Waals surface area (Å²) in [4.78, 5) is 0. The van der Waals surface area contributed by atoms with Crippen LogP contribution in [0.4, 0.5) is 0 Å². The molecule has 0 unspecified atom stereocenters. The van der Waals surface area contributed by atoms with Crippen molar-refractivity contribution in [2.24, 2.45) is 0 Å². The van der Waals surface area contributed by atoms with E-state index in [0.717, 1.165) is 12.8 Å². The van der Waals surface area contributed by atoms with E-state index < -0.39 is 31.0 Å². The van der Waals surface area contributed by atoms with Crippen LogP contribution in [0.1, 0.15) is 58.3 Å². The third-order valence-electron chi connectivity index (χ3n) is 4.04. The van der Waals surface area contributed by atoms with E-state index in [1.165, 1.54) is 38.5 Å². The Morgan fingerprint density at radius 3 is 2.55 bits per heavy atom.